The second-order valence-electron chi connectivity index (χ2n) is 5.40. The molecule has 1 N–H and O–H groups in total. The zero-order valence-electron chi connectivity index (χ0n) is 13.0. The van der Waals surface area contributed by atoms with Gasteiger partial charge < -0.3 is 0 Å². The molecule has 3 rings (SSSR count). The lowest BCUT2D eigenvalue weighted by Gasteiger charge is -2.26. The van der Waals surface area contributed by atoms with E-state index in [9.17, 15) is 4.39 Å². The summed E-state index contributed by atoms with van der Waals surface area (Å²) >= 11 is 3.45. The maximum absolute atomic E-state index is 14.2. The van der Waals surface area contributed by atoms with Gasteiger partial charge in [0, 0.05) is 42.1 Å². The molecule has 4 nitrogen and oxygen atoms in total. The number of rotatable bonds is 5. The molecule has 7 heteroatoms. The van der Waals surface area contributed by atoms with E-state index in [0.29, 0.717) is 6.54 Å². The van der Waals surface area contributed by atoms with E-state index < -0.39 is 0 Å². The van der Waals surface area contributed by atoms with Crippen molar-refractivity contribution in [2.45, 2.75) is 13.5 Å². The number of benzene rings is 1. The van der Waals surface area contributed by atoms with Crippen molar-refractivity contribution >= 4 is 34.4 Å². The van der Waals surface area contributed by atoms with Crippen molar-refractivity contribution < 1.29 is 4.39 Å². The standard InChI is InChI=1S/C16H19FN4S2/c1-12-11-23-16(19-12)20-18-9-13-2-3-14(15(17)8-13)10-21-4-6-22-7-5-21/h2-3,8-9,11H,4-7,10H2,1H3,(H,19,20). The SMILES string of the molecule is Cc1csc(NN=Cc2ccc(CN3CCSCC3)c(F)c2)n1. The molecule has 1 aromatic heterocycles. The van der Waals surface area contributed by atoms with E-state index in [1.165, 1.54) is 17.4 Å². The lowest BCUT2D eigenvalue weighted by atomic mass is 10.1. The van der Waals surface area contributed by atoms with Crippen molar-refractivity contribution in [3.05, 3.63) is 46.2 Å². The number of halogens is 1. The van der Waals surface area contributed by atoms with Crippen molar-refractivity contribution in [3.63, 3.8) is 0 Å². The smallest absolute Gasteiger partial charge is 0.203 e. The van der Waals surface area contributed by atoms with Crippen LogP contribution in [0.1, 0.15) is 16.8 Å². The Balaban J connectivity index is 1.59. The van der Waals surface area contributed by atoms with Gasteiger partial charge in [0.15, 0.2) is 0 Å². The first-order valence-electron chi connectivity index (χ1n) is 7.50. The summed E-state index contributed by atoms with van der Waals surface area (Å²) in [4.78, 5) is 6.55. The number of aryl methyl sites for hydroxylation is 1. The molecular weight excluding hydrogens is 331 g/mol. The normalized spacial score (nSPS) is 16.1. The predicted molar refractivity (Wildman–Crippen MR) is 97.1 cm³/mol. The molecule has 0 unspecified atom stereocenters. The highest BCUT2D eigenvalue weighted by atomic mass is 32.2. The van der Waals surface area contributed by atoms with E-state index in [1.54, 1.807) is 6.21 Å². The van der Waals surface area contributed by atoms with Crippen LogP contribution in [0.15, 0.2) is 28.7 Å². The van der Waals surface area contributed by atoms with Gasteiger partial charge in [-0.25, -0.2) is 9.37 Å². The van der Waals surface area contributed by atoms with Crippen LogP contribution in [0.4, 0.5) is 9.52 Å². The Bertz CT molecular complexity index is 680. The summed E-state index contributed by atoms with van der Waals surface area (Å²) in [6.45, 7) is 4.68. The number of hydrazone groups is 1. The first-order valence-corrected chi connectivity index (χ1v) is 9.54. The maximum atomic E-state index is 14.2. The Morgan fingerprint density at radius 2 is 2.22 bits per heavy atom. The predicted octanol–water partition coefficient (Wildman–Crippen LogP) is 3.59. The van der Waals surface area contributed by atoms with Crippen LogP contribution >= 0.6 is 23.1 Å². The van der Waals surface area contributed by atoms with Gasteiger partial charge in [0.05, 0.1) is 11.9 Å². The lowest BCUT2D eigenvalue weighted by Crippen LogP contribution is -2.32. The van der Waals surface area contributed by atoms with Crippen LogP contribution in [0.3, 0.4) is 0 Å². The van der Waals surface area contributed by atoms with Crippen molar-refractivity contribution in [2.24, 2.45) is 5.10 Å². The average molecular weight is 350 g/mol. The van der Waals surface area contributed by atoms with E-state index in [0.717, 1.165) is 46.5 Å². The van der Waals surface area contributed by atoms with Crippen molar-refractivity contribution in [2.75, 3.05) is 30.0 Å². The first kappa shape index (κ1) is 16.4. The van der Waals surface area contributed by atoms with Gasteiger partial charge in [0.25, 0.3) is 0 Å². The molecule has 1 saturated heterocycles. The van der Waals surface area contributed by atoms with Gasteiger partial charge in [-0.3, -0.25) is 10.3 Å². The van der Waals surface area contributed by atoms with Gasteiger partial charge in [-0.2, -0.15) is 16.9 Å². The molecule has 0 amide bonds. The number of anilines is 1. The number of hydrogen-bond donors (Lipinski definition) is 1. The topological polar surface area (TPSA) is 40.5 Å². The van der Waals surface area contributed by atoms with Gasteiger partial charge in [-0.05, 0) is 18.6 Å². The minimum absolute atomic E-state index is 0.169. The van der Waals surface area contributed by atoms with Gasteiger partial charge >= 0.3 is 0 Å². The number of thiazole rings is 1. The summed E-state index contributed by atoms with van der Waals surface area (Å²) in [6.07, 6.45) is 1.61. The highest BCUT2D eigenvalue weighted by molar-refractivity contribution is 7.99. The number of nitrogens with zero attached hydrogens (tertiary/aromatic N) is 3. The number of hydrogen-bond acceptors (Lipinski definition) is 6. The van der Waals surface area contributed by atoms with Crippen LogP contribution in [0.5, 0.6) is 0 Å². The maximum Gasteiger partial charge on any atom is 0.203 e. The summed E-state index contributed by atoms with van der Waals surface area (Å²) < 4.78 is 14.2. The van der Waals surface area contributed by atoms with Crippen LogP contribution < -0.4 is 5.43 Å². The molecule has 2 aromatic rings. The molecule has 122 valence electrons. The van der Waals surface area contributed by atoms with Crippen molar-refractivity contribution in [1.82, 2.24) is 9.88 Å². The molecule has 23 heavy (non-hydrogen) atoms. The third kappa shape index (κ3) is 4.76. The van der Waals surface area contributed by atoms with Gasteiger partial charge in [-0.15, -0.1) is 11.3 Å². The van der Waals surface area contributed by atoms with Crippen LogP contribution in [-0.4, -0.2) is 40.7 Å². The quantitative estimate of drug-likeness (QED) is 0.661. The number of aromatic nitrogens is 1. The van der Waals surface area contributed by atoms with E-state index in [2.05, 4.69) is 20.4 Å². The Labute approximate surface area is 143 Å². The molecule has 0 bridgehead atoms. The van der Waals surface area contributed by atoms with E-state index >= 15 is 0 Å². The van der Waals surface area contributed by atoms with E-state index in [4.69, 9.17) is 0 Å². The molecule has 2 heterocycles. The fraction of sp³-hybridized carbons (Fsp3) is 0.375. The monoisotopic (exact) mass is 350 g/mol. The summed E-state index contributed by atoms with van der Waals surface area (Å²) in [5.74, 6) is 2.10. The van der Waals surface area contributed by atoms with E-state index in [1.807, 2.05) is 36.2 Å². The second-order valence-corrected chi connectivity index (χ2v) is 7.49. The molecule has 1 aliphatic heterocycles. The number of thioether (sulfide) groups is 1. The van der Waals surface area contributed by atoms with Gasteiger partial charge in [0.2, 0.25) is 5.13 Å². The Kier molecular flexibility index (Phi) is 5.64. The second kappa shape index (κ2) is 7.90. The van der Waals surface area contributed by atoms with E-state index in [-0.39, 0.29) is 5.82 Å². The first-order chi connectivity index (χ1) is 11.2. The van der Waals surface area contributed by atoms with Crippen LogP contribution in [-0.2, 0) is 6.54 Å². The van der Waals surface area contributed by atoms with Crippen molar-refractivity contribution in [1.29, 1.82) is 0 Å². The van der Waals surface area contributed by atoms with Crippen LogP contribution in [0, 0.1) is 12.7 Å². The fourth-order valence-corrected chi connectivity index (χ4v) is 3.96. The number of nitrogens with one attached hydrogen (secondary N) is 1. The molecule has 0 atom stereocenters. The Morgan fingerprint density at radius 1 is 1.39 bits per heavy atom. The van der Waals surface area contributed by atoms with Gasteiger partial charge in [-0.1, -0.05) is 12.1 Å². The molecule has 0 aliphatic carbocycles. The fourth-order valence-electron chi connectivity index (χ4n) is 2.34. The van der Waals surface area contributed by atoms with Gasteiger partial charge in [0.1, 0.15) is 5.82 Å². The molecular formula is C16H19FN4S2. The third-order valence-corrected chi connectivity index (χ3v) is 5.37. The summed E-state index contributed by atoms with van der Waals surface area (Å²) in [5, 5.41) is 6.79. The zero-order chi connectivity index (χ0) is 16.1. The molecule has 1 aromatic carbocycles. The van der Waals surface area contributed by atoms with Crippen LogP contribution in [0.2, 0.25) is 0 Å². The summed E-state index contributed by atoms with van der Waals surface area (Å²) in [6, 6.07) is 5.29. The zero-order valence-corrected chi connectivity index (χ0v) is 14.6. The average Bonchev–Trinajstić information content (AvgIpc) is 2.96. The molecule has 1 fully saturated rings. The minimum Gasteiger partial charge on any atom is -0.297 e. The molecule has 1 aliphatic rings. The lowest BCUT2D eigenvalue weighted by molar-refractivity contribution is 0.290. The Hall–Kier alpha value is -1.44. The summed E-state index contributed by atoms with van der Waals surface area (Å²) in [7, 11) is 0. The largest absolute Gasteiger partial charge is 0.297 e. The minimum atomic E-state index is -0.169. The Morgan fingerprint density at radius 3 is 2.91 bits per heavy atom. The molecule has 0 spiro atoms. The molecule has 0 saturated carbocycles. The summed E-state index contributed by atoms with van der Waals surface area (Å²) in [5.41, 5.74) is 5.30. The highest BCUT2D eigenvalue weighted by Gasteiger charge is 2.13. The molecule has 0 radical (unpaired) electrons. The third-order valence-electron chi connectivity index (χ3n) is 3.57. The van der Waals surface area contributed by atoms with Crippen molar-refractivity contribution in [3.8, 4) is 0 Å². The highest BCUT2D eigenvalue weighted by Crippen LogP contribution is 2.17. The van der Waals surface area contributed by atoms with Crippen LogP contribution in [0.25, 0.3) is 0 Å².